The minimum absolute atomic E-state index is 0.184. The summed E-state index contributed by atoms with van der Waals surface area (Å²) in [6, 6.07) is 1.39. The number of carbonyl (C=O) groups excluding carboxylic acids is 1. The molecule has 0 aromatic heterocycles. The summed E-state index contributed by atoms with van der Waals surface area (Å²) in [6.45, 7) is 4.51. The molecular weight excluding hydrogens is 250 g/mol. The van der Waals surface area contributed by atoms with Gasteiger partial charge >= 0.3 is 6.03 Å². The number of urea groups is 1. The van der Waals surface area contributed by atoms with Crippen LogP contribution in [0.3, 0.4) is 0 Å². The molecule has 20 heavy (non-hydrogen) atoms. The molecule has 2 amide bonds. The number of nitrogens with one attached hydrogen (secondary N) is 1. The largest absolute Gasteiger partial charge is 0.335 e. The highest BCUT2D eigenvalue weighted by molar-refractivity contribution is 5.74. The summed E-state index contributed by atoms with van der Waals surface area (Å²) >= 11 is 0. The lowest BCUT2D eigenvalue weighted by atomic mass is 9.89. The summed E-state index contributed by atoms with van der Waals surface area (Å²) in [5.41, 5.74) is 0. The monoisotopic (exact) mass is 279 g/mol. The molecule has 1 N–H and O–H groups in total. The van der Waals surface area contributed by atoms with Crippen molar-refractivity contribution in [3.63, 3.8) is 0 Å². The third-order valence-electron chi connectivity index (χ3n) is 5.32. The van der Waals surface area contributed by atoms with E-state index in [2.05, 4.69) is 10.2 Å². The molecule has 3 aliphatic rings. The van der Waals surface area contributed by atoms with Gasteiger partial charge in [-0.15, -0.1) is 0 Å². The Bertz CT molecular complexity index is 314. The fraction of sp³-hybridized carbons (Fsp3) is 0.938. The molecular formula is C16H29N3O. The van der Waals surface area contributed by atoms with Crippen molar-refractivity contribution in [2.75, 3.05) is 26.2 Å². The van der Waals surface area contributed by atoms with E-state index in [1.165, 1.54) is 70.9 Å². The molecule has 0 aromatic carbocycles. The van der Waals surface area contributed by atoms with E-state index in [0.717, 1.165) is 19.1 Å². The summed E-state index contributed by atoms with van der Waals surface area (Å²) < 4.78 is 0. The number of amides is 2. The Morgan fingerprint density at radius 3 is 2.05 bits per heavy atom. The first-order valence-corrected chi connectivity index (χ1v) is 8.62. The molecule has 0 spiro atoms. The smallest absolute Gasteiger partial charge is 0.317 e. The Morgan fingerprint density at radius 1 is 0.800 bits per heavy atom. The molecule has 0 aromatic rings. The van der Waals surface area contributed by atoms with Crippen molar-refractivity contribution in [1.29, 1.82) is 0 Å². The van der Waals surface area contributed by atoms with Crippen LogP contribution in [0.4, 0.5) is 4.79 Å². The maximum atomic E-state index is 12.1. The highest BCUT2D eigenvalue weighted by atomic mass is 16.2. The Kier molecular flexibility index (Phi) is 4.81. The van der Waals surface area contributed by atoms with Crippen LogP contribution in [0, 0.1) is 0 Å². The van der Waals surface area contributed by atoms with Gasteiger partial charge in [-0.1, -0.05) is 6.42 Å². The van der Waals surface area contributed by atoms with Gasteiger partial charge in [-0.2, -0.15) is 0 Å². The molecule has 114 valence electrons. The van der Waals surface area contributed by atoms with E-state index >= 15 is 0 Å². The van der Waals surface area contributed by atoms with E-state index in [4.69, 9.17) is 0 Å². The second-order valence-electron chi connectivity index (χ2n) is 6.75. The fourth-order valence-corrected chi connectivity index (χ4v) is 4.05. The van der Waals surface area contributed by atoms with Gasteiger partial charge in [-0.05, 0) is 64.5 Å². The average Bonchev–Trinajstić information content (AvgIpc) is 3.03. The minimum Gasteiger partial charge on any atom is -0.335 e. The van der Waals surface area contributed by atoms with Gasteiger partial charge in [0.15, 0.2) is 0 Å². The Morgan fingerprint density at radius 2 is 1.40 bits per heavy atom. The molecule has 2 aliphatic heterocycles. The summed E-state index contributed by atoms with van der Waals surface area (Å²) in [6.07, 6.45) is 11.4. The van der Waals surface area contributed by atoms with Gasteiger partial charge < -0.3 is 15.1 Å². The molecule has 4 nitrogen and oxygen atoms in total. The lowest BCUT2D eigenvalue weighted by Crippen LogP contribution is -2.48. The van der Waals surface area contributed by atoms with E-state index in [1.807, 2.05) is 4.90 Å². The quantitative estimate of drug-likeness (QED) is 0.843. The summed E-state index contributed by atoms with van der Waals surface area (Å²) in [5, 5.41) is 3.25. The summed E-state index contributed by atoms with van der Waals surface area (Å²) in [4.78, 5) is 16.8. The number of rotatable bonds is 2. The second kappa shape index (κ2) is 6.79. The minimum atomic E-state index is 0.184. The molecule has 0 bridgehead atoms. The molecule has 0 unspecified atom stereocenters. The number of piperidine rings is 1. The zero-order chi connectivity index (χ0) is 13.8. The van der Waals surface area contributed by atoms with E-state index in [-0.39, 0.29) is 6.03 Å². The van der Waals surface area contributed by atoms with Crippen LogP contribution in [0.25, 0.3) is 0 Å². The molecule has 3 rings (SSSR count). The van der Waals surface area contributed by atoms with Gasteiger partial charge in [-0.3, -0.25) is 0 Å². The lowest BCUT2D eigenvalue weighted by molar-refractivity contribution is 0.120. The highest BCUT2D eigenvalue weighted by Gasteiger charge is 2.28. The van der Waals surface area contributed by atoms with Crippen LogP contribution in [-0.2, 0) is 0 Å². The van der Waals surface area contributed by atoms with Gasteiger partial charge in [0.05, 0.1) is 0 Å². The van der Waals surface area contributed by atoms with E-state index in [9.17, 15) is 4.79 Å². The summed E-state index contributed by atoms with van der Waals surface area (Å²) in [5.74, 6) is 0. The van der Waals surface area contributed by atoms with Crippen molar-refractivity contribution >= 4 is 6.03 Å². The maximum Gasteiger partial charge on any atom is 0.317 e. The van der Waals surface area contributed by atoms with Crippen LogP contribution < -0.4 is 5.32 Å². The van der Waals surface area contributed by atoms with Gasteiger partial charge in [0, 0.05) is 25.2 Å². The van der Waals surface area contributed by atoms with Crippen molar-refractivity contribution in [2.24, 2.45) is 0 Å². The predicted octanol–water partition coefficient (Wildman–Crippen LogP) is 2.59. The first-order chi connectivity index (χ1) is 9.83. The van der Waals surface area contributed by atoms with Crippen molar-refractivity contribution in [3.05, 3.63) is 0 Å². The molecule has 0 atom stereocenters. The molecule has 3 fully saturated rings. The average molecular weight is 279 g/mol. The molecule has 2 heterocycles. The fourth-order valence-electron chi connectivity index (χ4n) is 4.05. The Labute approximate surface area is 122 Å². The van der Waals surface area contributed by atoms with Gasteiger partial charge in [-0.25, -0.2) is 4.79 Å². The first-order valence-electron chi connectivity index (χ1n) is 8.62. The normalized spacial score (nSPS) is 32.3. The Hall–Kier alpha value is -0.770. The standard InChI is InChI=1S/C16H29N3O/c20-16(19-12-4-5-13-19)17-14-6-8-15(9-7-14)18-10-2-1-3-11-18/h14-15H,1-13H2,(H,17,20). The van der Waals surface area contributed by atoms with Crippen molar-refractivity contribution < 1.29 is 4.79 Å². The number of hydrogen-bond acceptors (Lipinski definition) is 2. The van der Waals surface area contributed by atoms with Gasteiger partial charge in [0.1, 0.15) is 0 Å². The molecule has 1 aliphatic carbocycles. The van der Waals surface area contributed by atoms with Crippen LogP contribution in [0.15, 0.2) is 0 Å². The number of likely N-dealkylation sites (tertiary alicyclic amines) is 2. The lowest BCUT2D eigenvalue weighted by Gasteiger charge is -2.39. The molecule has 4 heteroatoms. The van der Waals surface area contributed by atoms with E-state index in [1.54, 1.807) is 0 Å². The van der Waals surface area contributed by atoms with Gasteiger partial charge in [0.2, 0.25) is 0 Å². The van der Waals surface area contributed by atoms with Crippen molar-refractivity contribution in [3.8, 4) is 0 Å². The number of hydrogen-bond donors (Lipinski definition) is 1. The van der Waals surface area contributed by atoms with Gasteiger partial charge in [0.25, 0.3) is 0 Å². The SMILES string of the molecule is O=C(NC1CCC(N2CCCCC2)CC1)N1CCCC1. The van der Waals surface area contributed by atoms with Crippen LogP contribution in [-0.4, -0.2) is 54.1 Å². The van der Waals surface area contributed by atoms with Crippen LogP contribution >= 0.6 is 0 Å². The summed E-state index contributed by atoms with van der Waals surface area (Å²) in [7, 11) is 0. The van der Waals surface area contributed by atoms with Crippen molar-refractivity contribution in [1.82, 2.24) is 15.1 Å². The molecule has 2 saturated heterocycles. The van der Waals surface area contributed by atoms with Crippen LogP contribution in [0.5, 0.6) is 0 Å². The zero-order valence-corrected chi connectivity index (χ0v) is 12.6. The third kappa shape index (κ3) is 3.46. The second-order valence-corrected chi connectivity index (χ2v) is 6.75. The van der Waals surface area contributed by atoms with E-state index in [0.29, 0.717) is 6.04 Å². The predicted molar refractivity (Wildman–Crippen MR) is 80.8 cm³/mol. The molecule has 0 radical (unpaired) electrons. The van der Waals surface area contributed by atoms with Crippen molar-refractivity contribution in [2.45, 2.75) is 69.9 Å². The zero-order valence-electron chi connectivity index (χ0n) is 12.6. The third-order valence-corrected chi connectivity index (χ3v) is 5.32. The van der Waals surface area contributed by atoms with Crippen LogP contribution in [0.1, 0.15) is 57.8 Å². The topological polar surface area (TPSA) is 35.6 Å². The maximum absolute atomic E-state index is 12.1. The Balaban J connectivity index is 1.40. The molecule has 1 saturated carbocycles. The number of nitrogens with zero attached hydrogens (tertiary/aromatic N) is 2. The van der Waals surface area contributed by atoms with Crippen LogP contribution in [0.2, 0.25) is 0 Å². The number of carbonyl (C=O) groups is 1. The first kappa shape index (κ1) is 14.2. The van der Waals surface area contributed by atoms with E-state index < -0.39 is 0 Å². The highest BCUT2D eigenvalue weighted by Crippen LogP contribution is 2.26.